The summed E-state index contributed by atoms with van der Waals surface area (Å²) in [6, 6.07) is 9.73. The monoisotopic (exact) mass is 386 g/mol. The largest absolute Gasteiger partial charge is 0.347 e. The van der Waals surface area contributed by atoms with Gasteiger partial charge in [0.2, 0.25) is 11.8 Å². The molecule has 2 aliphatic rings. The molecule has 0 aromatic heterocycles. The van der Waals surface area contributed by atoms with Crippen molar-refractivity contribution < 1.29 is 14.4 Å². The van der Waals surface area contributed by atoms with Gasteiger partial charge in [0.25, 0.3) is 0 Å². The number of carbonyl (C=O) groups excluding carboxylic acids is 3. The van der Waals surface area contributed by atoms with E-state index >= 15 is 0 Å². The number of nitrogens with one attached hydrogen (secondary N) is 2. The Morgan fingerprint density at radius 1 is 0.893 bits per heavy atom. The number of piperazine rings is 1. The summed E-state index contributed by atoms with van der Waals surface area (Å²) in [5.74, 6) is -0.265. The van der Waals surface area contributed by atoms with E-state index in [1.807, 2.05) is 30.3 Å². The lowest BCUT2D eigenvalue weighted by molar-refractivity contribution is -0.133. The quantitative estimate of drug-likeness (QED) is 0.805. The van der Waals surface area contributed by atoms with Crippen LogP contribution in [0.4, 0.5) is 4.79 Å². The van der Waals surface area contributed by atoms with E-state index < -0.39 is 0 Å². The molecule has 1 aliphatic carbocycles. The molecule has 152 valence electrons. The molecule has 1 saturated heterocycles. The zero-order valence-corrected chi connectivity index (χ0v) is 16.4. The van der Waals surface area contributed by atoms with Gasteiger partial charge in [0.15, 0.2) is 0 Å². The topological polar surface area (TPSA) is 81.8 Å². The first-order valence-electron chi connectivity index (χ1n) is 10.3. The molecule has 0 radical (unpaired) electrons. The number of urea groups is 1. The van der Waals surface area contributed by atoms with Crippen molar-refractivity contribution in [1.29, 1.82) is 0 Å². The van der Waals surface area contributed by atoms with Gasteiger partial charge >= 0.3 is 6.03 Å². The van der Waals surface area contributed by atoms with Gasteiger partial charge in [-0.2, -0.15) is 0 Å². The minimum atomic E-state index is -0.162. The Morgan fingerprint density at radius 2 is 1.54 bits per heavy atom. The molecule has 2 N–H and O–H groups in total. The maximum atomic E-state index is 12.4. The van der Waals surface area contributed by atoms with Crippen LogP contribution in [0.25, 0.3) is 0 Å². The van der Waals surface area contributed by atoms with Crippen molar-refractivity contribution in [2.75, 3.05) is 32.7 Å². The second-order valence-electron chi connectivity index (χ2n) is 7.59. The van der Waals surface area contributed by atoms with Crippen LogP contribution >= 0.6 is 0 Å². The minimum absolute atomic E-state index is 0.0000621. The van der Waals surface area contributed by atoms with Crippen LogP contribution in [0.5, 0.6) is 0 Å². The molecular formula is C21H30N4O3. The Kier molecular flexibility index (Phi) is 7.28. The third-order valence-corrected chi connectivity index (χ3v) is 5.50. The van der Waals surface area contributed by atoms with Crippen molar-refractivity contribution >= 4 is 17.8 Å². The zero-order chi connectivity index (χ0) is 19.8. The van der Waals surface area contributed by atoms with Crippen molar-refractivity contribution in [2.45, 2.75) is 44.6 Å². The first-order chi connectivity index (χ1) is 13.6. The van der Waals surface area contributed by atoms with Gasteiger partial charge in [-0.3, -0.25) is 9.59 Å². The molecule has 1 saturated carbocycles. The van der Waals surface area contributed by atoms with Crippen LogP contribution in [0, 0.1) is 0 Å². The average molecular weight is 386 g/mol. The van der Waals surface area contributed by atoms with Crippen LogP contribution in [0.2, 0.25) is 0 Å². The molecule has 1 aliphatic heterocycles. The van der Waals surface area contributed by atoms with E-state index in [2.05, 4.69) is 10.6 Å². The molecule has 7 nitrogen and oxygen atoms in total. The first kappa shape index (κ1) is 20.2. The van der Waals surface area contributed by atoms with Gasteiger partial charge in [-0.1, -0.05) is 49.6 Å². The number of nitrogens with zero attached hydrogens (tertiary/aromatic N) is 2. The number of hydrogen-bond donors (Lipinski definition) is 2. The number of carbonyl (C=O) groups is 3. The van der Waals surface area contributed by atoms with Gasteiger partial charge in [-0.15, -0.1) is 0 Å². The first-order valence-corrected chi connectivity index (χ1v) is 10.3. The van der Waals surface area contributed by atoms with Gasteiger partial charge in [0.05, 0.1) is 13.0 Å². The Bertz CT molecular complexity index is 665. The lowest BCUT2D eigenvalue weighted by Gasteiger charge is -2.36. The summed E-state index contributed by atoms with van der Waals surface area (Å²) in [7, 11) is 0. The lowest BCUT2D eigenvalue weighted by Crippen LogP contribution is -2.55. The Balaban J connectivity index is 1.35. The van der Waals surface area contributed by atoms with Crippen molar-refractivity contribution in [3.8, 4) is 0 Å². The van der Waals surface area contributed by atoms with E-state index in [-0.39, 0.29) is 30.8 Å². The fraction of sp³-hybridized carbons (Fsp3) is 0.571. The molecule has 1 aromatic carbocycles. The van der Waals surface area contributed by atoms with E-state index in [1.54, 1.807) is 9.80 Å². The average Bonchev–Trinajstić information content (AvgIpc) is 2.73. The fourth-order valence-corrected chi connectivity index (χ4v) is 3.80. The highest BCUT2D eigenvalue weighted by atomic mass is 16.2. The Hall–Kier alpha value is -2.57. The maximum absolute atomic E-state index is 12.4. The molecule has 0 unspecified atom stereocenters. The summed E-state index contributed by atoms with van der Waals surface area (Å²) < 4.78 is 0. The number of rotatable bonds is 5. The molecule has 0 bridgehead atoms. The van der Waals surface area contributed by atoms with Crippen LogP contribution < -0.4 is 10.6 Å². The maximum Gasteiger partial charge on any atom is 0.317 e. The third kappa shape index (κ3) is 5.97. The van der Waals surface area contributed by atoms with Crippen molar-refractivity contribution in [2.24, 2.45) is 0 Å². The molecule has 0 atom stereocenters. The summed E-state index contributed by atoms with van der Waals surface area (Å²) in [6.07, 6.45) is 6.02. The van der Waals surface area contributed by atoms with Gasteiger partial charge in [0.1, 0.15) is 0 Å². The highest BCUT2D eigenvalue weighted by molar-refractivity contribution is 5.86. The van der Waals surface area contributed by atoms with Crippen molar-refractivity contribution in [3.05, 3.63) is 35.9 Å². The molecule has 1 aromatic rings. The van der Waals surface area contributed by atoms with Gasteiger partial charge in [0, 0.05) is 32.2 Å². The van der Waals surface area contributed by atoms with Crippen LogP contribution in [0.1, 0.15) is 37.7 Å². The van der Waals surface area contributed by atoms with Crippen LogP contribution in [-0.4, -0.2) is 66.4 Å². The SMILES string of the molecule is O=C(Cc1ccccc1)NCC(=O)N1CCN(C(=O)NC2CCCCC2)CC1. The van der Waals surface area contributed by atoms with Crippen LogP contribution in [-0.2, 0) is 16.0 Å². The molecular weight excluding hydrogens is 356 g/mol. The smallest absolute Gasteiger partial charge is 0.317 e. The van der Waals surface area contributed by atoms with E-state index in [0.29, 0.717) is 32.2 Å². The van der Waals surface area contributed by atoms with Gasteiger partial charge in [-0.05, 0) is 18.4 Å². The van der Waals surface area contributed by atoms with Crippen LogP contribution in [0.3, 0.4) is 0 Å². The second-order valence-corrected chi connectivity index (χ2v) is 7.59. The van der Waals surface area contributed by atoms with Crippen LogP contribution in [0.15, 0.2) is 30.3 Å². The van der Waals surface area contributed by atoms with Crippen molar-refractivity contribution in [1.82, 2.24) is 20.4 Å². The van der Waals surface area contributed by atoms with Gasteiger partial charge in [-0.25, -0.2) is 4.79 Å². The zero-order valence-electron chi connectivity index (χ0n) is 16.4. The normalized spacial score (nSPS) is 17.9. The fourth-order valence-electron chi connectivity index (χ4n) is 3.80. The minimum Gasteiger partial charge on any atom is -0.347 e. The lowest BCUT2D eigenvalue weighted by atomic mass is 9.96. The predicted molar refractivity (Wildman–Crippen MR) is 107 cm³/mol. The molecule has 3 rings (SSSR count). The summed E-state index contributed by atoms with van der Waals surface area (Å²) in [4.78, 5) is 40.2. The molecule has 2 fully saturated rings. The number of hydrogen-bond acceptors (Lipinski definition) is 3. The number of benzene rings is 1. The number of amides is 4. The predicted octanol–water partition coefficient (Wildman–Crippen LogP) is 1.53. The van der Waals surface area contributed by atoms with E-state index in [4.69, 9.17) is 0 Å². The molecule has 4 amide bonds. The van der Waals surface area contributed by atoms with Crippen molar-refractivity contribution in [3.63, 3.8) is 0 Å². The highest BCUT2D eigenvalue weighted by Crippen LogP contribution is 2.17. The summed E-state index contributed by atoms with van der Waals surface area (Å²) in [5, 5.41) is 5.82. The summed E-state index contributed by atoms with van der Waals surface area (Å²) >= 11 is 0. The Labute approximate surface area is 166 Å². The molecule has 1 heterocycles. The highest BCUT2D eigenvalue weighted by Gasteiger charge is 2.26. The molecule has 28 heavy (non-hydrogen) atoms. The second kappa shape index (κ2) is 10.1. The Morgan fingerprint density at radius 3 is 2.21 bits per heavy atom. The summed E-state index contributed by atoms with van der Waals surface area (Å²) in [6.45, 7) is 2.07. The standard InChI is InChI=1S/C21H30N4O3/c26-19(15-17-7-3-1-4-8-17)22-16-20(27)24-11-13-25(14-12-24)21(28)23-18-9-5-2-6-10-18/h1,3-4,7-8,18H,2,5-6,9-16H2,(H,22,26)(H,23,28). The third-order valence-electron chi connectivity index (χ3n) is 5.50. The van der Waals surface area contributed by atoms with E-state index in [1.165, 1.54) is 19.3 Å². The molecule has 7 heteroatoms. The van der Waals surface area contributed by atoms with E-state index in [0.717, 1.165) is 18.4 Å². The van der Waals surface area contributed by atoms with Gasteiger partial charge < -0.3 is 20.4 Å². The summed E-state index contributed by atoms with van der Waals surface area (Å²) in [5.41, 5.74) is 0.921. The molecule has 0 spiro atoms. The van der Waals surface area contributed by atoms with E-state index in [9.17, 15) is 14.4 Å².